The molecule has 1 aliphatic rings. The van der Waals surface area contributed by atoms with Gasteiger partial charge < -0.3 is 10.6 Å². The first kappa shape index (κ1) is 13.3. The Bertz CT molecular complexity index is 524. The van der Waals surface area contributed by atoms with E-state index in [2.05, 4.69) is 10.6 Å². The molecule has 0 saturated heterocycles. The van der Waals surface area contributed by atoms with Gasteiger partial charge in [0.1, 0.15) is 5.69 Å². The number of hydrogen-bond acceptors (Lipinski definition) is 4. The smallest absolute Gasteiger partial charge is 0.293 e. The van der Waals surface area contributed by atoms with Crippen molar-refractivity contribution < 1.29 is 9.72 Å². The van der Waals surface area contributed by atoms with Gasteiger partial charge in [-0.3, -0.25) is 14.9 Å². The van der Waals surface area contributed by atoms with Gasteiger partial charge in [-0.2, -0.15) is 0 Å². The quantitative estimate of drug-likeness (QED) is 0.645. The largest absolute Gasteiger partial charge is 0.382 e. The summed E-state index contributed by atoms with van der Waals surface area (Å²) < 4.78 is 0. The molecule has 1 aliphatic carbocycles. The molecule has 0 radical (unpaired) electrons. The zero-order valence-electron chi connectivity index (χ0n) is 11.0. The minimum absolute atomic E-state index is 0.0890. The maximum absolute atomic E-state index is 12.2. The number of nitro groups is 1. The van der Waals surface area contributed by atoms with Crippen molar-refractivity contribution in [3.05, 3.63) is 33.9 Å². The fraction of sp³-hybridized carbons (Fsp3) is 0.462. The van der Waals surface area contributed by atoms with Gasteiger partial charge in [0.15, 0.2) is 0 Å². The van der Waals surface area contributed by atoms with Crippen LogP contribution in [0.25, 0.3) is 0 Å². The van der Waals surface area contributed by atoms with Gasteiger partial charge in [0, 0.05) is 18.7 Å². The first-order chi connectivity index (χ1) is 8.97. The lowest BCUT2D eigenvalue weighted by atomic mass is 9.78. The molecule has 1 fully saturated rings. The standard InChI is InChI=1S/C13H17N3O3/c1-13(7-4-8-13)15-12(17)9-5-3-6-10(16(18)19)11(9)14-2/h3,5-6,14H,4,7-8H2,1-2H3,(H,15,17). The number of para-hydroxylation sites is 1. The zero-order chi connectivity index (χ0) is 14.0. The Hall–Kier alpha value is -2.11. The first-order valence-corrected chi connectivity index (χ1v) is 6.24. The Labute approximate surface area is 111 Å². The summed E-state index contributed by atoms with van der Waals surface area (Å²) in [6.45, 7) is 1.99. The van der Waals surface area contributed by atoms with Crippen LogP contribution in [0.4, 0.5) is 11.4 Å². The van der Waals surface area contributed by atoms with E-state index < -0.39 is 4.92 Å². The fourth-order valence-electron chi connectivity index (χ4n) is 2.32. The van der Waals surface area contributed by atoms with Crippen molar-refractivity contribution in [2.24, 2.45) is 0 Å². The average Bonchev–Trinajstić information content (AvgIpc) is 2.35. The molecule has 6 nitrogen and oxygen atoms in total. The molecular weight excluding hydrogens is 246 g/mol. The van der Waals surface area contributed by atoms with Crippen LogP contribution in [0.15, 0.2) is 18.2 Å². The summed E-state index contributed by atoms with van der Waals surface area (Å²) in [6.07, 6.45) is 3.00. The van der Waals surface area contributed by atoms with Gasteiger partial charge in [-0.1, -0.05) is 6.07 Å². The van der Waals surface area contributed by atoms with Crippen LogP contribution in [0.2, 0.25) is 0 Å². The third kappa shape index (κ3) is 2.52. The molecule has 102 valence electrons. The van der Waals surface area contributed by atoms with E-state index in [1.165, 1.54) is 12.1 Å². The molecule has 1 aromatic rings. The molecule has 0 heterocycles. The fourth-order valence-corrected chi connectivity index (χ4v) is 2.32. The second-order valence-electron chi connectivity index (χ2n) is 5.08. The SMILES string of the molecule is CNc1c(C(=O)NC2(C)CCC2)cccc1[N+](=O)[O-]. The Kier molecular flexibility index (Phi) is 3.42. The normalized spacial score (nSPS) is 16.3. The minimum Gasteiger partial charge on any atom is -0.382 e. The topological polar surface area (TPSA) is 84.3 Å². The molecule has 0 aromatic heterocycles. The second kappa shape index (κ2) is 4.87. The van der Waals surface area contributed by atoms with Crippen LogP contribution in [0, 0.1) is 10.1 Å². The van der Waals surface area contributed by atoms with Gasteiger partial charge >= 0.3 is 0 Å². The average molecular weight is 263 g/mol. The highest BCUT2D eigenvalue weighted by atomic mass is 16.6. The number of rotatable bonds is 4. The first-order valence-electron chi connectivity index (χ1n) is 6.24. The monoisotopic (exact) mass is 263 g/mol. The maximum Gasteiger partial charge on any atom is 0.293 e. The Balaban J connectivity index is 2.30. The van der Waals surface area contributed by atoms with Gasteiger partial charge in [-0.05, 0) is 32.3 Å². The molecule has 2 rings (SSSR count). The van der Waals surface area contributed by atoms with Crippen LogP contribution in [0.3, 0.4) is 0 Å². The summed E-state index contributed by atoms with van der Waals surface area (Å²) in [4.78, 5) is 22.7. The van der Waals surface area contributed by atoms with Crippen molar-refractivity contribution in [3.8, 4) is 0 Å². The molecule has 1 amide bonds. The summed E-state index contributed by atoms with van der Waals surface area (Å²) in [5.41, 5.74) is 0.304. The van der Waals surface area contributed by atoms with E-state index in [1.54, 1.807) is 13.1 Å². The number of nitrogens with one attached hydrogen (secondary N) is 2. The summed E-state index contributed by atoms with van der Waals surface area (Å²) >= 11 is 0. The van der Waals surface area contributed by atoms with Crippen molar-refractivity contribution in [2.45, 2.75) is 31.7 Å². The maximum atomic E-state index is 12.2. The molecule has 2 N–H and O–H groups in total. The van der Waals surface area contributed by atoms with Crippen LogP contribution in [0.1, 0.15) is 36.5 Å². The van der Waals surface area contributed by atoms with E-state index in [9.17, 15) is 14.9 Å². The zero-order valence-corrected chi connectivity index (χ0v) is 11.0. The second-order valence-corrected chi connectivity index (χ2v) is 5.08. The lowest BCUT2D eigenvalue weighted by Crippen LogP contribution is -2.51. The lowest BCUT2D eigenvalue weighted by Gasteiger charge is -2.39. The highest BCUT2D eigenvalue weighted by Crippen LogP contribution is 2.33. The molecule has 6 heteroatoms. The van der Waals surface area contributed by atoms with E-state index in [-0.39, 0.29) is 22.8 Å². The molecule has 0 atom stereocenters. The Morgan fingerprint density at radius 3 is 2.58 bits per heavy atom. The lowest BCUT2D eigenvalue weighted by molar-refractivity contribution is -0.384. The number of anilines is 1. The van der Waals surface area contributed by atoms with E-state index in [1.807, 2.05) is 6.92 Å². The van der Waals surface area contributed by atoms with E-state index in [0.29, 0.717) is 5.56 Å². The van der Waals surface area contributed by atoms with E-state index >= 15 is 0 Å². The third-order valence-electron chi connectivity index (χ3n) is 3.61. The molecule has 1 aromatic carbocycles. The molecule has 19 heavy (non-hydrogen) atoms. The van der Waals surface area contributed by atoms with Crippen LogP contribution in [0.5, 0.6) is 0 Å². The molecule has 0 aliphatic heterocycles. The van der Waals surface area contributed by atoms with E-state index in [4.69, 9.17) is 0 Å². The van der Waals surface area contributed by atoms with Gasteiger partial charge in [0.2, 0.25) is 0 Å². The third-order valence-corrected chi connectivity index (χ3v) is 3.61. The molecule has 0 unspecified atom stereocenters. The summed E-state index contributed by atoms with van der Waals surface area (Å²) in [5.74, 6) is -0.268. The molecule has 0 bridgehead atoms. The van der Waals surface area contributed by atoms with Crippen LogP contribution < -0.4 is 10.6 Å². The number of benzene rings is 1. The Morgan fingerprint density at radius 1 is 1.42 bits per heavy atom. The number of hydrogen-bond donors (Lipinski definition) is 2. The van der Waals surface area contributed by atoms with Crippen molar-refractivity contribution >= 4 is 17.3 Å². The number of amides is 1. The van der Waals surface area contributed by atoms with Gasteiger partial charge in [-0.15, -0.1) is 0 Å². The summed E-state index contributed by atoms with van der Waals surface area (Å²) in [6, 6.07) is 4.50. The number of carbonyl (C=O) groups excluding carboxylic acids is 1. The van der Waals surface area contributed by atoms with Crippen LogP contribution in [-0.2, 0) is 0 Å². The summed E-state index contributed by atoms with van der Waals surface area (Å²) in [7, 11) is 1.57. The van der Waals surface area contributed by atoms with Gasteiger partial charge in [-0.25, -0.2) is 0 Å². The molecule has 0 spiro atoms. The predicted molar refractivity (Wildman–Crippen MR) is 72.4 cm³/mol. The van der Waals surface area contributed by atoms with E-state index in [0.717, 1.165) is 19.3 Å². The van der Waals surface area contributed by atoms with Crippen molar-refractivity contribution in [2.75, 3.05) is 12.4 Å². The molecular formula is C13H17N3O3. The van der Waals surface area contributed by atoms with Crippen molar-refractivity contribution in [3.63, 3.8) is 0 Å². The van der Waals surface area contributed by atoms with Gasteiger partial charge in [0.05, 0.1) is 10.5 Å². The molecule has 1 saturated carbocycles. The predicted octanol–water partition coefficient (Wildman–Crippen LogP) is 2.31. The van der Waals surface area contributed by atoms with Crippen LogP contribution >= 0.6 is 0 Å². The van der Waals surface area contributed by atoms with Crippen molar-refractivity contribution in [1.29, 1.82) is 0 Å². The summed E-state index contributed by atoms with van der Waals surface area (Å²) in [5, 5.41) is 16.6. The minimum atomic E-state index is -0.492. The number of carbonyl (C=O) groups is 1. The van der Waals surface area contributed by atoms with Crippen molar-refractivity contribution in [1.82, 2.24) is 5.32 Å². The highest BCUT2D eigenvalue weighted by Gasteiger charge is 2.34. The highest BCUT2D eigenvalue weighted by molar-refractivity contribution is 6.02. The van der Waals surface area contributed by atoms with Gasteiger partial charge in [0.25, 0.3) is 11.6 Å². The van der Waals surface area contributed by atoms with Crippen LogP contribution in [-0.4, -0.2) is 23.4 Å². The number of nitro benzene ring substituents is 1. The number of nitrogens with zero attached hydrogens (tertiary/aromatic N) is 1. The Morgan fingerprint density at radius 2 is 2.11 bits per heavy atom.